The summed E-state index contributed by atoms with van der Waals surface area (Å²) in [6, 6.07) is 7.04. The van der Waals surface area contributed by atoms with Crippen LogP contribution in [-0.2, 0) is 12.6 Å². The lowest BCUT2D eigenvalue weighted by Gasteiger charge is -2.10. The van der Waals surface area contributed by atoms with Gasteiger partial charge in [0.25, 0.3) is 0 Å². The second kappa shape index (κ2) is 4.66. The molecule has 1 aromatic carbocycles. The third-order valence-corrected chi connectivity index (χ3v) is 3.30. The van der Waals surface area contributed by atoms with E-state index in [-0.39, 0.29) is 10.8 Å². The van der Waals surface area contributed by atoms with Gasteiger partial charge in [-0.05, 0) is 35.9 Å². The van der Waals surface area contributed by atoms with Gasteiger partial charge in [-0.1, -0.05) is 11.6 Å². The van der Waals surface area contributed by atoms with Crippen molar-refractivity contribution in [2.45, 2.75) is 12.6 Å². The maximum atomic E-state index is 12.8. The van der Waals surface area contributed by atoms with Crippen LogP contribution in [-0.4, -0.2) is 11.6 Å². The zero-order chi connectivity index (χ0) is 14.3. The molecule has 2 aromatic rings. The van der Waals surface area contributed by atoms with Gasteiger partial charge in [0, 0.05) is 12.0 Å². The van der Waals surface area contributed by atoms with Crippen LogP contribution in [0.5, 0.6) is 5.75 Å². The highest BCUT2D eigenvalue weighted by Gasteiger charge is 2.31. The number of aromatic nitrogens is 1. The average molecular weight is 300 g/mol. The molecule has 0 fully saturated rings. The topological polar surface area (TPSA) is 22.1 Å². The first-order chi connectivity index (χ1) is 9.43. The van der Waals surface area contributed by atoms with E-state index in [1.54, 1.807) is 18.2 Å². The first kappa shape index (κ1) is 13.2. The summed E-state index contributed by atoms with van der Waals surface area (Å²) in [7, 11) is 0. The number of benzene rings is 1. The van der Waals surface area contributed by atoms with Crippen LogP contribution >= 0.6 is 11.6 Å². The van der Waals surface area contributed by atoms with Crippen LogP contribution in [0.25, 0.3) is 11.3 Å². The lowest BCUT2D eigenvalue weighted by Crippen LogP contribution is -2.05. The minimum atomic E-state index is -4.44. The number of hydrogen-bond donors (Lipinski definition) is 0. The Balaban J connectivity index is 2.08. The third kappa shape index (κ3) is 2.45. The molecule has 0 unspecified atom stereocenters. The molecule has 0 amide bonds. The zero-order valence-electron chi connectivity index (χ0n) is 10.2. The maximum absolute atomic E-state index is 12.8. The summed E-state index contributed by atoms with van der Waals surface area (Å²) in [4.78, 5) is 3.97. The average Bonchev–Trinajstić information content (AvgIpc) is 2.84. The largest absolute Gasteiger partial charge is 0.493 e. The molecule has 0 atom stereocenters. The first-order valence-corrected chi connectivity index (χ1v) is 6.32. The number of hydrogen-bond acceptors (Lipinski definition) is 2. The fraction of sp³-hybridized carbons (Fsp3) is 0.214. The summed E-state index contributed by atoms with van der Waals surface area (Å²) in [5, 5.41) is -0.174. The minimum Gasteiger partial charge on any atom is -0.493 e. The molecular formula is C14H9ClF3NO. The zero-order valence-corrected chi connectivity index (χ0v) is 10.9. The molecule has 0 bridgehead atoms. The monoisotopic (exact) mass is 299 g/mol. The summed E-state index contributed by atoms with van der Waals surface area (Å²) < 4.78 is 43.7. The molecule has 1 aliphatic rings. The minimum absolute atomic E-state index is 0.174. The Morgan fingerprint density at radius 2 is 1.95 bits per heavy atom. The molecule has 3 rings (SSSR count). The van der Waals surface area contributed by atoms with E-state index in [9.17, 15) is 13.2 Å². The number of pyridine rings is 1. The van der Waals surface area contributed by atoms with Crippen molar-refractivity contribution in [3.63, 3.8) is 0 Å². The van der Waals surface area contributed by atoms with Gasteiger partial charge in [0.05, 0.1) is 17.9 Å². The van der Waals surface area contributed by atoms with Crippen molar-refractivity contribution < 1.29 is 17.9 Å². The van der Waals surface area contributed by atoms with Gasteiger partial charge in [0.15, 0.2) is 0 Å². The van der Waals surface area contributed by atoms with Gasteiger partial charge in [-0.15, -0.1) is 0 Å². The van der Waals surface area contributed by atoms with Gasteiger partial charge in [-0.3, -0.25) is 0 Å². The summed E-state index contributed by atoms with van der Waals surface area (Å²) in [6.07, 6.45) is -3.70. The quantitative estimate of drug-likeness (QED) is 0.730. The first-order valence-electron chi connectivity index (χ1n) is 5.94. The van der Waals surface area contributed by atoms with Crippen molar-refractivity contribution in [2.24, 2.45) is 0 Å². The van der Waals surface area contributed by atoms with Gasteiger partial charge in [-0.25, -0.2) is 4.98 Å². The van der Waals surface area contributed by atoms with E-state index in [4.69, 9.17) is 16.3 Å². The van der Waals surface area contributed by atoms with Crippen molar-refractivity contribution in [3.8, 4) is 17.0 Å². The fourth-order valence-electron chi connectivity index (χ4n) is 2.15. The van der Waals surface area contributed by atoms with Crippen LogP contribution in [0, 0.1) is 0 Å². The predicted octanol–water partition coefficient (Wildman–Crippen LogP) is 4.36. The number of fused-ring (bicyclic) bond motifs is 1. The standard InChI is InChI=1S/C14H9ClF3NO/c15-13-7-10(14(16,17)18)6-11(19-13)8-1-2-12-9(5-8)3-4-20-12/h1-2,5-7H,3-4H2. The smallest absolute Gasteiger partial charge is 0.416 e. The highest BCUT2D eigenvalue weighted by molar-refractivity contribution is 6.29. The lowest BCUT2D eigenvalue weighted by molar-refractivity contribution is -0.137. The summed E-state index contributed by atoms with van der Waals surface area (Å²) >= 11 is 5.69. The Morgan fingerprint density at radius 1 is 1.15 bits per heavy atom. The van der Waals surface area contributed by atoms with Gasteiger partial charge >= 0.3 is 6.18 Å². The van der Waals surface area contributed by atoms with Crippen molar-refractivity contribution >= 4 is 11.6 Å². The van der Waals surface area contributed by atoms with E-state index >= 15 is 0 Å². The summed E-state index contributed by atoms with van der Waals surface area (Å²) in [5.74, 6) is 0.770. The van der Waals surface area contributed by atoms with Crippen molar-refractivity contribution in [2.75, 3.05) is 6.61 Å². The molecule has 6 heteroatoms. The Kier molecular flexibility index (Phi) is 3.09. The molecule has 1 aromatic heterocycles. The molecule has 2 nitrogen and oxygen atoms in total. The van der Waals surface area contributed by atoms with E-state index in [0.29, 0.717) is 12.2 Å². The Labute approximate surface area is 118 Å². The molecule has 2 heterocycles. The number of halogens is 4. The van der Waals surface area contributed by atoms with E-state index in [2.05, 4.69) is 4.98 Å². The normalized spacial score (nSPS) is 14.0. The van der Waals surface area contributed by atoms with Gasteiger partial charge in [0.1, 0.15) is 10.9 Å². The molecule has 104 valence electrons. The second-order valence-corrected chi connectivity index (χ2v) is 4.87. The molecule has 0 aliphatic carbocycles. The lowest BCUT2D eigenvalue weighted by atomic mass is 10.0. The van der Waals surface area contributed by atoms with Gasteiger partial charge in [-0.2, -0.15) is 13.2 Å². The summed E-state index contributed by atoms with van der Waals surface area (Å²) in [5.41, 5.74) is 0.976. The Bertz CT molecular complexity index is 670. The summed E-state index contributed by atoms with van der Waals surface area (Å²) in [6.45, 7) is 0.593. The van der Waals surface area contributed by atoms with Crippen molar-refractivity contribution in [1.29, 1.82) is 0 Å². The van der Waals surface area contributed by atoms with Gasteiger partial charge < -0.3 is 4.74 Å². The number of alkyl halides is 3. The molecule has 0 saturated heterocycles. The molecule has 20 heavy (non-hydrogen) atoms. The number of rotatable bonds is 1. The molecule has 0 saturated carbocycles. The third-order valence-electron chi connectivity index (χ3n) is 3.11. The Hall–Kier alpha value is -1.75. The van der Waals surface area contributed by atoms with Gasteiger partial charge in [0.2, 0.25) is 0 Å². The predicted molar refractivity (Wildman–Crippen MR) is 68.9 cm³/mol. The maximum Gasteiger partial charge on any atom is 0.416 e. The molecular weight excluding hydrogens is 291 g/mol. The molecule has 0 radical (unpaired) electrons. The van der Waals surface area contributed by atoms with E-state index in [1.807, 2.05) is 0 Å². The Morgan fingerprint density at radius 3 is 2.70 bits per heavy atom. The van der Waals surface area contributed by atoms with Crippen molar-refractivity contribution in [3.05, 3.63) is 46.6 Å². The van der Waals surface area contributed by atoms with Crippen LogP contribution in [0.1, 0.15) is 11.1 Å². The van der Waals surface area contributed by atoms with Crippen LogP contribution in [0.15, 0.2) is 30.3 Å². The number of ether oxygens (including phenoxy) is 1. The van der Waals surface area contributed by atoms with Crippen LogP contribution in [0.2, 0.25) is 5.15 Å². The molecule has 1 aliphatic heterocycles. The number of nitrogens with zero attached hydrogens (tertiary/aromatic N) is 1. The molecule has 0 spiro atoms. The second-order valence-electron chi connectivity index (χ2n) is 4.48. The van der Waals surface area contributed by atoms with E-state index in [1.165, 1.54) is 0 Å². The van der Waals surface area contributed by atoms with Crippen LogP contribution in [0.3, 0.4) is 0 Å². The fourth-order valence-corrected chi connectivity index (χ4v) is 2.36. The van der Waals surface area contributed by atoms with Crippen LogP contribution < -0.4 is 4.74 Å². The van der Waals surface area contributed by atoms with Crippen LogP contribution in [0.4, 0.5) is 13.2 Å². The van der Waals surface area contributed by atoms with E-state index < -0.39 is 11.7 Å². The SMILES string of the molecule is FC(F)(F)c1cc(Cl)nc(-c2ccc3c(c2)CCO3)c1. The van der Waals surface area contributed by atoms with Crippen molar-refractivity contribution in [1.82, 2.24) is 4.98 Å². The highest BCUT2D eigenvalue weighted by Crippen LogP contribution is 2.35. The highest BCUT2D eigenvalue weighted by atomic mass is 35.5. The molecule has 0 N–H and O–H groups in total. The van der Waals surface area contributed by atoms with E-state index in [0.717, 1.165) is 29.9 Å².